The molecule has 3 heterocycles. The quantitative estimate of drug-likeness (QED) is 0.370. The van der Waals surface area contributed by atoms with Gasteiger partial charge in [-0.3, -0.25) is 4.79 Å². The molecule has 0 radical (unpaired) electrons. The summed E-state index contributed by atoms with van der Waals surface area (Å²) in [6.45, 7) is 2.58. The number of H-pyrrole nitrogens is 1. The van der Waals surface area contributed by atoms with Crippen LogP contribution in [0.25, 0.3) is 11.4 Å². The molecule has 1 atom stereocenters. The van der Waals surface area contributed by atoms with Crippen LogP contribution in [0.2, 0.25) is 0 Å². The van der Waals surface area contributed by atoms with Crippen LogP contribution in [0.5, 0.6) is 0 Å². The number of pyridine rings is 1. The van der Waals surface area contributed by atoms with Crippen molar-refractivity contribution in [2.45, 2.75) is 18.7 Å². The van der Waals surface area contributed by atoms with E-state index >= 15 is 0 Å². The van der Waals surface area contributed by atoms with Gasteiger partial charge in [-0.2, -0.15) is 13.2 Å². The van der Waals surface area contributed by atoms with Crippen LogP contribution in [-0.4, -0.2) is 76.5 Å². The van der Waals surface area contributed by atoms with E-state index in [1.807, 2.05) is 24.3 Å². The van der Waals surface area contributed by atoms with E-state index in [2.05, 4.69) is 30.1 Å². The Morgan fingerprint density at radius 2 is 1.72 bits per heavy atom. The summed E-state index contributed by atoms with van der Waals surface area (Å²) in [5, 5.41) is 20.7. The van der Waals surface area contributed by atoms with Gasteiger partial charge < -0.3 is 30.3 Å². The lowest BCUT2D eigenvalue weighted by atomic mass is 10.1. The van der Waals surface area contributed by atoms with Crippen molar-refractivity contribution in [2.24, 2.45) is 0 Å². The van der Waals surface area contributed by atoms with Crippen LogP contribution in [0.1, 0.15) is 11.3 Å². The minimum Gasteiger partial charge on any atom is -0.394 e. The first-order valence-electron chi connectivity index (χ1n) is 11.5. The molecule has 9 nitrogen and oxygen atoms in total. The smallest absolute Gasteiger partial charge is 0.394 e. The summed E-state index contributed by atoms with van der Waals surface area (Å²) >= 11 is 0. The van der Waals surface area contributed by atoms with Crippen LogP contribution in [-0.2, 0) is 17.4 Å². The van der Waals surface area contributed by atoms with Gasteiger partial charge in [0.1, 0.15) is 17.3 Å². The number of hydrogen-bond acceptors (Lipinski definition) is 7. The van der Waals surface area contributed by atoms with Crippen molar-refractivity contribution < 1.29 is 28.2 Å². The Kier molecular flexibility index (Phi) is 7.75. The van der Waals surface area contributed by atoms with E-state index in [-0.39, 0.29) is 24.7 Å². The molecule has 36 heavy (non-hydrogen) atoms. The van der Waals surface area contributed by atoms with E-state index in [0.29, 0.717) is 5.56 Å². The number of amides is 1. The molecule has 1 unspecified atom stereocenters. The first kappa shape index (κ1) is 25.5. The van der Waals surface area contributed by atoms with E-state index in [1.54, 1.807) is 12.1 Å². The third-order valence-electron chi connectivity index (χ3n) is 5.92. The van der Waals surface area contributed by atoms with Crippen LogP contribution >= 0.6 is 0 Å². The Balaban J connectivity index is 1.28. The van der Waals surface area contributed by atoms with Gasteiger partial charge in [0.25, 0.3) is 0 Å². The zero-order chi connectivity index (χ0) is 25.7. The summed E-state index contributed by atoms with van der Waals surface area (Å²) < 4.78 is 38.4. The number of piperazine rings is 1. The van der Waals surface area contributed by atoms with Crippen molar-refractivity contribution in [3.05, 3.63) is 60.0 Å². The largest absolute Gasteiger partial charge is 0.432 e. The molecule has 1 fully saturated rings. The molecule has 1 saturated heterocycles. The lowest BCUT2D eigenvalue weighted by Crippen LogP contribution is -2.46. The highest BCUT2D eigenvalue weighted by Gasteiger charge is 2.33. The fourth-order valence-electron chi connectivity index (χ4n) is 3.89. The predicted molar refractivity (Wildman–Crippen MR) is 127 cm³/mol. The van der Waals surface area contributed by atoms with Gasteiger partial charge in [0.2, 0.25) is 5.91 Å². The second-order valence-corrected chi connectivity index (χ2v) is 8.51. The van der Waals surface area contributed by atoms with Gasteiger partial charge in [0.15, 0.2) is 0 Å². The number of imidazole rings is 1. The fraction of sp³-hybridized carbons (Fsp3) is 0.375. The number of alkyl halides is 3. The third kappa shape index (κ3) is 6.32. The van der Waals surface area contributed by atoms with Crippen molar-refractivity contribution in [1.82, 2.24) is 20.3 Å². The number of rotatable bonds is 8. The molecule has 4 N–H and O–H groups in total. The van der Waals surface area contributed by atoms with Crippen molar-refractivity contribution in [3.8, 4) is 11.4 Å². The van der Waals surface area contributed by atoms with Gasteiger partial charge in [-0.15, -0.1) is 0 Å². The van der Waals surface area contributed by atoms with Crippen molar-refractivity contribution in [2.75, 3.05) is 49.1 Å². The maximum absolute atomic E-state index is 12.8. The van der Waals surface area contributed by atoms with Gasteiger partial charge in [0.05, 0.1) is 25.3 Å². The van der Waals surface area contributed by atoms with Gasteiger partial charge in [-0.25, -0.2) is 9.97 Å². The Hall–Kier alpha value is -3.64. The lowest BCUT2D eigenvalue weighted by Gasteiger charge is -2.36. The Morgan fingerprint density at radius 3 is 2.31 bits per heavy atom. The highest BCUT2D eigenvalue weighted by atomic mass is 19.4. The number of nitrogens with one attached hydrogen (secondary N) is 2. The predicted octanol–water partition coefficient (Wildman–Crippen LogP) is 1.83. The van der Waals surface area contributed by atoms with Crippen molar-refractivity contribution in [3.63, 3.8) is 0 Å². The number of aromatic nitrogens is 3. The molecule has 2 aromatic heterocycles. The van der Waals surface area contributed by atoms with Gasteiger partial charge in [-0.05, 0) is 29.8 Å². The average Bonchev–Trinajstić information content (AvgIpc) is 3.39. The Labute approximate surface area is 205 Å². The number of aromatic amines is 1. The van der Waals surface area contributed by atoms with E-state index in [4.69, 9.17) is 5.11 Å². The molecular weight excluding hydrogens is 477 g/mol. The molecule has 1 aliphatic heterocycles. The molecule has 192 valence electrons. The van der Waals surface area contributed by atoms with Crippen LogP contribution in [0.15, 0.2) is 48.8 Å². The average molecular weight is 505 g/mol. The number of halogens is 3. The normalized spacial score (nSPS) is 15.1. The molecule has 3 aromatic rings. The summed E-state index contributed by atoms with van der Waals surface area (Å²) in [5.74, 6) is 0.638. The summed E-state index contributed by atoms with van der Waals surface area (Å²) in [5.41, 5.74) is 1.46. The van der Waals surface area contributed by atoms with Crippen molar-refractivity contribution in [1.29, 1.82) is 0 Å². The number of aliphatic hydroxyl groups excluding tert-OH is 2. The van der Waals surface area contributed by atoms with Crippen LogP contribution in [0, 0.1) is 0 Å². The first-order valence-corrected chi connectivity index (χ1v) is 11.5. The summed E-state index contributed by atoms with van der Waals surface area (Å²) in [6.07, 6.45) is -2.97. The van der Waals surface area contributed by atoms with E-state index in [9.17, 15) is 23.1 Å². The monoisotopic (exact) mass is 504 g/mol. The number of hydrogen-bond donors (Lipinski definition) is 4. The fourth-order valence-corrected chi connectivity index (χ4v) is 3.89. The zero-order valence-electron chi connectivity index (χ0n) is 19.4. The van der Waals surface area contributed by atoms with Crippen molar-refractivity contribution >= 4 is 17.4 Å². The molecule has 1 amide bonds. The third-order valence-corrected chi connectivity index (χ3v) is 5.92. The SMILES string of the molecule is O=C(Cc1ccc(N2CCN(c3ccc(-c4ncc(C(F)(F)F)[nH]4)cn3)CC2)cc1)NCC(O)CO. The summed E-state index contributed by atoms with van der Waals surface area (Å²) in [7, 11) is 0. The zero-order valence-corrected chi connectivity index (χ0v) is 19.4. The Morgan fingerprint density at radius 1 is 1.03 bits per heavy atom. The molecule has 1 aromatic carbocycles. The highest BCUT2D eigenvalue weighted by molar-refractivity contribution is 5.78. The summed E-state index contributed by atoms with van der Waals surface area (Å²) in [4.78, 5) is 26.8. The van der Waals surface area contributed by atoms with E-state index < -0.39 is 24.6 Å². The van der Waals surface area contributed by atoms with Crippen LogP contribution in [0.4, 0.5) is 24.7 Å². The topological polar surface area (TPSA) is 118 Å². The number of aliphatic hydroxyl groups is 2. The van der Waals surface area contributed by atoms with Gasteiger partial charge >= 0.3 is 6.18 Å². The number of anilines is 2. The molecule has 0 bridgehead atoms. The number of carbonyl (C=O) groups excluding carboxylic acids is 1. The van der Waals surface area contributed by atoms with Crippen LogP contribution in [0.3, 0.4) is 0 Å². The molecule has 0 aliphatic carbocycles. The highest BCUT2D eigenvalue weighted by Crippen LogP contribution is 2.29. The molecule has 0 spiro atoms. The molecule has 4 rings (SSSR count). The number of benzene rings is 1. The van der Waals surface area contributed by atoms with Gasteiger partial charge in [-0.1, -0.05) is 12.1 Å². The maximum atomic E-state index is 12.8. The number of nitrogens with zero attached hydrogens (tertiary/aromatic N) is 4. The molecule has 12 heteroatoms. The first-order chi connectivity index (χ1) is 17.2. The molecule has 1 aliphatic rings. The van der Waals surface area contributed by atoms with Crippen LogP contribution < -0.4 is 15.1 Å². The van der Waals surface area contributed by atoms with Gasteiger partial charge in [0, 0.05) is 50.2 Å². The van der Waals surface area contributed by atoms with E-state index in [0.717, 1.165) is 49.4 Å². The summed E-state index contributed by atoms with van der Waals surface area (Å²) in [6, 6.07) is 11.2. The minimum absolute atomic E-state index is 0.0110. The standard InChI is InChI=1S/C24H27F3N6O3/c25-24(26,27)20-14-30-23(31-20)17-3-6-21(28-12-17)33-9-7-32(8-10-33)18-4-1-16(2-5-18)11-22(36)29-13-19(35)15-34/h1-6,12,14,19,34-35H,7-11,13,15H2,(H,29,36)(H,30,31). The molecular formula is C24H27F3N6O3. The molecule has 0 saturated carbocycles. The Bertz CT molecular complexity index is 1140. The second kappa shape index (κ2) is 11.0. The lowest BCUT2D eigenvalue weighted by molar-refractivity contribution is -0.140. The minimum atomic E-state index is -4.47. The maximum Gasteiger partial charge on any atom is 0.432 e. The second-order valence-electron chi connectivity index (χ2n) is 8.51. The van der Waals surface area contributed by atoms with E-state index in [1.165, 1.54) is 6.20 Å². The number of carbonyl (C=O) groups is 1.